The highest BCUT2D eigenvalue weighted by Gasteiger charge is 2.41. The third-order valence-electron chi connectivity index (χ3n) is 3.69. The van der Waals surface area contributed by atoms with Crippen LogP contribution in [0.1, 0.15) is 25.7 Å². The summed E-state index contributed by atoms with van der Waals surface area (Å²) >= 11 is 0. The Morgan fingerprint density at radius 3 is 2.95 bits per heavy atom. The summed E-state index contributed by atoms with van der Waals surface area (Å²) in [5.41, 5.74) is 0. The number of carbonyl (C=O) groups excluding carboxylic acids is 1. The number of hydrogen-bond acceptors (Lipinski definition) is 6. The normalized spacial score (nSPS) is 22.3. The summed E-state index contributed by atoms with van der Waals surface area (Å²) in [6.07, 6.45) is 5.69. The van der Waals surface area contributed by atoms with Gasteiger partial charge in [-0.25, -0.2) is 13.1 Å². The maximum Gasteiger partial charge on any atom is 0.310 e. The zero-order valence-corrected chi connectivity index (χ0v) is 12.8. The number of hydrogen-bond donors (Lipinski definition) is 1. The highest BCUT2D eigenvalue weighted by Crippen LogP contribution is 2.31. The van der Waals surface area contributed by atoms with E-state index in [-0.39, 0.29) is 0 Å². The van der Waals surface area contributed by atoms with Gasteiger partial charge in [-0.15, -0.1) is 5.10 Å². The minimum Gasteiger partial charge on any atom is -0.469 e. The molecule has 2 unspecified atom stereocenters. The molecule has 0 aromatic carbocycles. The van der Waals surface area contributed by atoms with Gasteiger partial charge in [0.15, 0.2) is 0 Å². The van der Waals surface area contributed by atoms with Gasteiger partial charge < -0.3 is 4.74 Å². The first kappa shape index (κ1) is 15.9. The predicted octanol–water partition coefficient (Wildman–Crippen LogP) is -0.0707. The number of aromatic nitrogens is 3. The molecule has 1 fully saturated rings. The Kier molecular flexibility index (Phi) is 5.29. The van der Waals surface area contributed by atoms with Crippen molar-refractivity contribution in [2.45, 2.75) is 37.5 Å². The molecule has 0 spiro atoms. The van der Waals surface area contributed by atoms with Crippen LogP contribution >= 0.6 is 0 Å². The number of carbonyl (C=O) groups is 1. The van der Waals surface area contributed by atoms with Crippen LogP contribution in [0.4, 0.5) is 0 Å². The molecule has 0 radical (unpaired) electrons. The number of ether oxygens (including phenoxy) is 1. The average Bonchev–Trinajstić information content (AvgIpc) is 3.13. The van der Waals surface area contributed by atoms with E-state index in [9.17, 15) is 13.2 Å². The molecule has 0 amide bonds. The first-order chi connectivity index (χ1) is 10.0. The fraction of sp³-hybridized carbons (Fsp3) is 0.750. The Bertz CT molecular complexity index is 558. The summed E-state index contributed by atoms with van der Waals surface area (Å²) < 4.78 is 33.4. The first-order valence-corrected chi connectivity index (χ1v) is 8.49. The molecule has 1 heterocycles. The zero-order valence-electron chi connectivity index (χ0n) is 11.9. The van der Waals surface area contributed by atoms with E-state index in [1.807, 2.05) is 0 Å². The monoisotopic (exact) mass is 316 g/mol. The smallest absolute Gasteiger partial charge is 0.310 e. The van der Waals surface area contributed by atoms with Crippen LogP contribution in [0.5, 0.6) is 0 Å². The fourth-order valence-electron chi connectivity index (χ4n) is 2.63. The molecule has 21 heavy (non-hydrogen) atoms. The largest absolute Gasteiger partial charge is 0.469 e. The van der Waals surface area contributed by atoms with Gasteiger partial charge >= 0.3 is 5.97 Å². The van der Waals surface area contributed by atoms with Crippen molar-refractivity contribution in [3.63, 3.8) is 0 Å². The minimum absolute atomic E-state index is 0.312. The van der Waals surface area contributed by atoms with Crippen molar-refractivity contribution in [1.82, 2.24) is 19.7 Å². The summed E-state index contributed by atoms with van der Waals surface area (Å²) in [5, 5.41) is 6.79. The molecular formula is C12H20N4O4S. The van der Waals surface area contributed by atoms with Crippen molar-refractivity contribution in [1.29, 1.82) is 0 Å². The minimum atomic E-state index is -3.50. The summed E-state index contributed by atoms with van der Waals surface area (Å²) in [4.78, 5) is 11.6. The van der Waals surface area contributed by atoms with Crippen LogP contribution in [0.15, 0.2) is 12.4 Å². The van der Waals surface area contributed by atoms with Crippen molar-refractivity contribution >= 4 is 16.0 Å². The first-order valence-electron chi connectivity index (χ1n) is 6.95. The standard InChI is InChI=1S/C12H20N4O4S/c1-20-12(17)10-4-2-5-11(10)21(18,19)14-6-3-8-16-9-7-13-15-16/h7,9-11,14H,2-6,8H2,1H3. The van der Waals surface area contributed by atoms with E-state index in [1.54, 1.807) is 17.1 Å². The van der Waals surface area contributed by atoms with Crippen molar-refractivity contribution in [2.24, 2.45) is 5.92 Å². The van der Waals surface area contributed by atoms with E-state index in [2.05, 4.69) is 19.8 Å². The fourth-order valence-corrected chi connectivity index (χ4v) is 4.43. The second kappa shape index (κ2) is 6.99. The van der Waals surface area contributed by atoms with Crippen LogP contribution in [0.3, 0.4) is 0 Å². The number of nitrogens with one attached hydrogen (secondary N) is 1. The number of methoxy groups -OCH3 is 1. The van der Waals surface area contributed by atoms with Crippen molar-refractivity contribution in [3.05, 3.63) is 12.4 Å². The van der Waals surface area contributed by atoms with Gasteiger partial charge in [0.1, 0.15) is 0 Å². The Morgan fingerprint density at radius 1 is 1.48 bits per heavy atom. The van der Waals surface area contributed by atoms with Gasteiger partial charge in [-0.05, 0) is 19.3 Å². The Morgan fingerprint density at radius 2 is 2.29 bits per heavy atom. The van der Waals surface area contributed by atoms with Gasteiger partial charge in [0.05, 0.1) is 24.5 Å². The Balaban J connectivity index is 1.84. The third kappa shape index (κ3) is 4.01. The third-order valence-corrected chi connectivity index (χ3v) is 5.66. The molecule has 1 saturated carbocycles. The molecule has 1 aromatic heterocycles. The zero-order chi connectivity index (χ0) is 15.3. The van der Waals surface area contributed by atoms with Gasteiger partial charge in [-0.3, -0.25) is 9.48 Å². The van der Waals surface area contributed by atoms with Crippen molar-refractivity contribution in [3.8, 4) is 0 Å². The van der Waals surface area contributed by atoms with Crippen LogP contribution < -0.4 is 4.72 Å². The highest BCUT2D eigenvalue weighted by molar-refractivity contribution is 7.90. The van der Waals surface area contributed by atoms with Gasteiger partial charge in [0, 0.05) is 19.3 Å². The number of sulfonamides is 1. The van der Waals surface area contributed by atoms with E-state index < -0.39 is 27.2 Å². The number of esters is 1. The van der Waals surface area contributed by atoms with E-state index in [0.717, 1.165) is 6.42 Å². The van der Waals surface area contributed by atoms with Gasteiger partial charge in [0.2, 0.25) is 10.0 Å². The Hall–Kier alpha value is -1.48. The van der Waals surface area contributed by atoms with Gasteiger partial charge in [0.25, 0.3) is 0 Å². The lowest BCUT2D eigenvalue weighted by Gasteiger charge is -2.18. The molecule has 1 aromatic rings. The van der Waals surface area contributed by atoms with E-state index >= 15 is 0 Å². The molecule has 1 N–H and O–H groups in total. The van der Waals surface area contributed by atoms with Crippen molar-refractivity contribution < 1.29 is 17.9 Å². The Labute approximate surface area is 123 Å². The van der Waals surface area contributed by atoms with Crippen LogP contribution in [0, 0.1) is 5.92 Å². The van der Waals surface area contributed by atoms with E-state index in [0.29, 0.717) is 32.4 Å². The second-order valence-electron chi connectivity index (χ2n) is 5.06. The molecule has 2 rings (SSSR count). The van der Waals surface area contributed by atoms with Crippen LogP contribution in [0.25, 0.3) is 0 Å². The second-order valence-corrected chi connectivity index (χ2v) is 7.04. The summed E-state index contributed by atoms with van der Waals surface area (Å²) in [6, 6.07) is 0. The lowest BCUT2D eigenvalue weighted by molar-refractivity contribution is -0.145. The van der Waals surface area contributed by atoms with E-state index in [1.165, 1.54) is 7.11 Å². The molecular weight excluding hydrogens is 296 g/mol. The number of rotatable bonds is 7. The lowest BCUT2D eigenvalue weighted by Crippen LogP contribution is -2.40. The van der Waals surface area contributed by atoms with Crippen LogP contribution in [-0.4, -0.2) is 48.3 Å². The molecule has 2 atom stereocenters. The molecule has 1 aliphatic carbocycles. The van der Waals surface area contributed by atoms with Crippen molar-refractivity contribution in [2.75, 3.05) is 13.7 Å². The molecule has 9 heteroatoms. The highest BCUT2D eigenvalue weighted by atomic mass is 32.2. The van der Waals surface area contributed by atoms with Gasteiger partial charge in [-0.1, -0.05) is 11.6 Å². The van der Waals surface area contributed by atoms with Crippen LogP contribution in [0.2, 0.25) is 0 Å². The SMILES string of the molecule is COC(=O)C1CCCC1S(=O)(=O)NCCCn1ccnn1. The molecule has 0 saturated heterocycles. The summed E-state index contributed by atoms with van der Waals surface area (Å²) in [7, 11) is -2.21. The average molecular weight is 316 g/mol. The quantitative estimate of drug-likeness (QED) is 0.558. The summed E-state index contributed by atoms with van der Waals surface area (Å²) in [6.45, 7) is 0.903. The number of nitrogens with zero attached hydrogens (tertiary/aromatic N) is 3. The maximum atomic E-state index is 12.3. The number of aryl methyl sites for hydroxylation is 1. The predicted molar refractivity (Wildman–Crippen MR) is 74.7 cm³/mol. The van der Waals surface area contributed by atoms with Crippen LogP contribution in [-0.2, 0) is 26.1 Å². The lowest BCUT2D eigenvalue weighted by atomic mass is 10.1. The molecule has 0 aliphatic heterocycles. The summed E-state index contributed by atoms with van der Waals surface area (Å²) in [5.74, 6) is -0.992. The molecule has 0 bridgehead atoms. The molecule has 1 aliphatic rings. The topological polar surface area (TPSA) is 103 Å². The molecule has 118 valence electrons. The molecule has 8 nitrogen and oxygen atoms in total. The maximum absolute atomic E-state index is 12.3. The van der Waals surface area contributed by atoms with E-state index in [4.69, 9.17) is 0 Å². The van der Waals surface area contributed by atoms with Gasteiger partial charge in [-0.2, -0.15) is 0 Å².